The second kappa shape index (κ2) is 6.94. The molecular formula is C17H18BrN3O2S. The SMILES string of the molecule is CCCn1c(C)cc(-c2csc(NC(=O)c3ccc(Br)o3)n2)c1C. The van der Waals surface area contributed by atoms with Crippen molar-refractivity contribution in [2.45, 2.75) is 33.7 Å². The van der Waals surface area contributed by atoms with E-state index in [1.54, 1.807) is 12.1 Å². The number of carbonyl (C=O) groups is 1. The molecule has 0 saturated carbocycles. The van der Waals surface area contributed by atoms with Gasteiger partial charge in [-0.3, -0.25) is 10.1 Å². The van der Waals surface area contributed by atoms with E-state index < -0.39 is 0 Å². The highest BCUT2D eigenvalue weighted by Gasteiger charge is 2.16. The summed E-state index contributed by atoms with van der Waals surface area (Å²) in [5, 5.41) is 5.30. The van der Waals surface area contributed by atoms with E-state index in [1.807, 2.05) is 5.38 Å². The lowest BCUT2D eigenvalue weighted by Gasteiger charge is -2.07. The third-order valence-electron chi connectivity index (χ3n) is 3.82. The molecule has 3 rings (SSSR count). The highest BCUT2D eigenvalue weighted by atomic mass is 79.9. The standard InChI is InChI=1S/C17H18BrN3O2S/c1-4-7-21-10(2)8-12(11(21)3)13-9-24-17(19-13)20-16(22)14-5-6-15(18)23-14/h5-6,8-9H,4,7H2,1-3H3,(H,19,20,22). The third-order valence-corrected chi connectivity index (χ3v) is 5.00. The Balaban J connectivity index is 1.81. The number of hydrogen-bond donors (Lipinski definition) is 1. The molecule has 0 unspecified atom stereocenters. The monoisotopic (exact) mass is 407 g/mol. The van der Waals surface area contributed by atoms with Gasteiger partial charge in [-0.15, -0.1) is 11.3 Å². The predicted molar refractivity (Wildman–Crippen MR) is 99.7 cm³/mol. The van der Waals surface area contributed by atoms with Gasteiger partial charge in [-0.1, -0.05) is 6.92 Å². The van der Waals surface area contributed by atoms with Crippen molar-refractivity contribution in [2.24, 2.45) is 0 Å². The summed E-state index contributed by atoms with van der Waals surface area (Å²) in [6.45, 7) is 7.38. The van der Waals surface area contributed by atoms with Gasteiger partial charge in [-0.05, 0) is 54.4 Å². The minimum absolute atomic E-state index is 0.250. The number of amides is 1. The van der Waals surface area contributed by atoms with Gasteiger partial charge in [0.1, 0.15) is 0 Å². The maximum Gasteiger partial charge on any atom is 0.293 e. The number of anilines is 1. The summed E-state index contributed by atoms with van der Waals surface area (Å²) in [6.07, 6.45) is 1.09. The van der Waals surface area contributed by atoms with Gasteiger partial charge in [0, 0.05) is 28.9 Å². The van der Waals surface area contributed by atoms with E-state index in [4.69, 9.17) is 4.42 Å². The Labute approximate surface area is 152 Å². The van der Waals surface area contributed by atoms with E-state index in [0.717, 1.165) is 24.2 Å². The van der Waals surface area contributed by atoms with Gasteiger partial charge in [0.25, 0.3) is 5.91 Å². The van der Waals surface area contributed by atoms with Gasteiger partial charge in [0.05, 0.1) is 5.69 Å². The summed E-state index contributed by atoms with van der Waals surface area (Å²) < 4.78 is 8.08. The Hall–Kier alpha value is -1.86. The highest BCUT2D eigenvalue weighted by Crippen LogP contribution is 2.30. The quantitative estimate of drug-likeness (QED) is 0.628. The Morgan fingerprint density at radius 1 is 1.42 bits per heavy atom. The van der Waals surface area contributed by atoms with Crippen molar-refractivity contribution >= 4 is 38.3 Å². The maximum absolute atomic E-state index is 12.1. The van der Waals surface area contributed by atoms with E-state index in [2.05, 4.69) is 57.6 Å². The first-order valence-electron chi connectivity index (χ1n) is 7.69. The fourth-order valence-corrected chi connectivity index (χ4v) is 3.69. The van der Waals surface area contributed by atoms with Crippen LogP contribution in [-0.2, 0) is 6.54 Å². The van der Waals surface area contributed by atoms with Gasteiger partial charge in [0.15, 0.2) is 15.6 Å². The topological polar surface area (TPSA) is 60.1 Å². The van der Waals surface area contributed by atoms with Gasteiger partial charge in [-0.25, -0.2) is 4.98 Å². The van der Waals surface area contributed by atoms with Gasteiger partial charge in [-0.2, -0.15) is 0 Å². The molecule has 24 heavy (non-hydrogen) atoms. The molecule has 0 bridgehead atoms. The molecule has 3 heterocycles. The third kappa shape index (κ3) is 3.32. The fourth-order valence-electron chi connectivity index (χ4n) is 2.68. The molecule has 1 amide bonds. The van der Waals surface area contributed by atoms with E-state index in [1.165, 1.54) is 22.7 Å². The molecule has 0 saturated heterocycles. The molecule has 0 atom stereocenters. The van der Waals surface area contributed by atoms with Crippen molar-refractivity contribution in [3.63, 3.8) is 0 Å². The summed E-state index contributed by atoms with van der Waals surface area (Å²) in [5.74, 6) is -0.0576. The largest absolute Gasteiger partial charge is 0.444 e. The van der Waals surface area contributed by atoms with Crippen molar-refractivity contribution in [3.8, 4) is 11.3 Å². The lowest BCUT2D eigenvalue weighted by Crippen LogP contribution is -2.10. The van der Waals surface area contributed by atoms with E-state index >= 15 is 0 Å². The molecular weight excluding hydrogens is 390 g/mol. The number of nitrogens with zero attached hydrogens (tertiary/aromatic N) is 2. The first-order valence-corrected chi connectivity index (χ1v) is 9.36. The summed E-state index contributed by atoms with van der Waals surface area (Å²) in [4.78, 5) is 16.7. The number of rotatable bonds is 5. The number of aryl methyl sites for hydroxylation is 1. The molecule has 0 aliphatic heterocycles. The van der Waals surface area contributed by atoms with Crippen molar-refractivity contribution in [1.29, 1.82) is 0 Å². The Morgan fingerprint density at radius 3 is 2.88 bits per heavy atom. The van der Waals surface area contributed by atoms with Crippen molar-refractivity contribution in [3.05, 3.63) is 45.4 Å². The van der Waals surface area contributed by atoms with Crippen LogP contribution in [0.1, 0.15) is 35.3 Å². The zero-order valence-corrected chi connectivity index (χ0v) is 16.1. The number of thiazole rings is 1. The smallest absolute Gasteiger partial charge is 0.293 e. The first kappa shape index (κ1) is 17.0. The molecule has 3 aromatic rings. The lowest BCUT2D eigenvalue weighted by molar-refractivity contribution is 0.0995. The first-order chi connectivity index (χ1) is 11.5. The van der Waals surface area contributed by atoms with Crippen LogP contribution in [0.25, 0.3) is 11.3 Å². The van der Waals surface area contributed by atoms with Gasteiger partial charge >= 0.3 is 0 Å². The van der Waals surface area contributed by atoms with Crippen molar-refractivity contribution in [1.82, 2.24) is 9.55 Å². The molecule has 0 radical (unpaired) electrons. The van der Waals surface area contributed by atoms with Crippen molar-refractivity contribution in [2.75, 3.05) is 5.32 Å². The van der Waals surface area contributed by atoms with Crippen LogP contribution in [0, 0.1) is 13.8 Å². The number of carbonyl (C=O) groups excluding carboxylic acids is 1. The molecule has 7 heteroatoms. The number of furan rings is 1. The second-order valence-corrected chi connectivity index (χ2v) is 7.17. The Kier molecular flexibility index (Phi) is 4.91. The van der Waals surface area contributed by atoms with Crippen LogP contribution < -0.4 is 5.32 Å². The van der Waals surface area contributed by atoms with Crippen LogP contribution in [-0.4, -0.2) is 15.5 Å². The average Bonchev–Trinajstić information content (AvgIpc) is 3.23. The van der Waals surface area contributed by atoms with Crippen LogP contribution in [0.15, 0.2) is 32.7 Å². The number of hydrogen-bond acceptors (Lipinski definition) is 4. The molecule has 0 aliphatic carbocycles. The second-order valence-electron chi connectivity index (χ2n) is 5.53. The zero-order chi connectivity index (χ0) is 17.3. The molecule has 3 aromatic heterocycles. The highest BCUT2D eigenvalue weighted by molar-refractivity contribution is 9.10. The maximum atomic E-state index is 12.1. The summed E-state index contributed by atoms with van der Waals surface area (Å²) in [7, 11) is 0. The summed E-state index contributed by atoms with van der Waals surface area (Å²) in [5.41, 5.74) is 4.42. The van der Waals surface area contributed by atoms with Crippen LogP contribution in [0.3, 0.4) is 0 Å². The number of halogens is 1. The van der Waals surface area contributed by atoms with Gasteiger partial charge < -0.3 is 8.98 Å². The van der Waals surface area contributed by atoms with Crippen LogP contribution in [0.4, 0.5) is 5.13 Å². The molecule has 0 fully saturated rings. The van der Waals surface area contributed by atoms with Gasteiger partial charge in [0.2, 0.25) is 0 Å². The Bertz CT molecular complexity index is 878. The zero-order valence-electron chi connectivity index (χ0n) is 13.7. The number of nitrogens with one attached hydrogen (secondary N) is 1. The van der Waals surface area contributed by atoms with Crippen LogP contribution in [0.5, 0.6) is 0 Å². The molecule has 0 spiro atoms. The lowest BCUT2D eigenvalue weighted by atomic mass is 10.2. The van der Waals surface area contributed by atoms with E-state index in [-0.39, 0.29) is 11.7 Å². The van der Waals surface area contributed by atoms with E-state index in [0.29, 0.717) is 9.80 Å². The van der Waals surface area contributed by atoms with Crippen molar-refractivity contribution < 1.29 is 9.21 Å². The minimum atomic E-state index is -0.307. The van der Waals surface area contributed by atoms with Crippen LogP contribution >= 0.6 is 27.3 Å². The Morgan fingerprint density at radius 2 is 2.21 bits per heavy atom. The summed E-state index contributed by atoms with van der Waals surface area (Å²) >= 11 is 4.59. The summed E-state index contributed by atoms with van der Waals surface area (Å²) in [6, 6.07) is 5.45. The molecule has 126 valence electrons. The molecule has 0 aromatic carbocycles. The fraction of sp³-hybridized carbons (Fsp3) is 0.294. The van der Waals surface area contributed by atoms with E-state index in [9.17, 15) is 4.79 Å². The molecule has 5 nitrogen and oxygen atoms in total. The number of aromatic nitrogens is 2. The normalized spacial score (nSPS) is 11.0. The molecule has 0 aliphatic rings. The minimum Gasteiger partial charge on any atom is -0.444 e. The molecule has 1 N–H and O–H groups in total. The van der Waals surface area contributed by atoms with Crippen LogP contribution in [0.2, 0.25) is 0 Å². The average molecular weight is 408 g/mol. The predicted octanol–water partition coefficient (Wildman–Crippen LogP) is 5.25.